The van der Waals surface area contributed by atoms with Crippen molar-refractivity contribution in [2.24, 2.45) is 0 Å². The number of aliphatic carboxylic acids is 1. The van der Waals surface area contributed by atoms with Gasteiger partial charge in [-0.15, -0.1) is 0 Å². The summed E-state index contributed by atoms with van der Waals surface area (Å²) in [6, 6.07) is 5.57. The van der Waals surface area contributed by atoms with Crippen LogP contribution in [0.3, 0.4) is 0 Å². The molecular formula is C18H24N2O5. The van der Waals surface area contributed by atoms with E-state index in [1.54, 1.807) is 24.3 Å². The molecule has 0 aliphatic carbocycles. The van der Waals surface area contributed by atoms with Gasteiger partial charge in [0.25, 0.3) is 0 Å². The summed E-state index contributed by atoms with van der Waals surface area (Å²) in [5.41, 5.74) is 0.887. The highest BCUT2D eigenvalue weighted by Crippen LogP contribution is 2.11. The Hall–Kier alpha value is -2.83. The van der Waals surface area contributed by atoms with Gasteiger partial charge in [0, 0.05) is 13.0 Å². The second-order valence-corrected chi connectivity index (χ2v) is 5.62. The molecule has 0 aromatic heterocycles. The van der Waals surface area contributed by atoms with E-state index in [4.69, 9.17) is 0 Å². The smallest absolute Gasteiger partial charge is 0.326 e. The molecule has 0 aliphatic heterocycles. The minimum atomic E-state index is -1.08. The Labute approximate surface area is 146 Å². The number of carbonyl (C=O) groups is 3. The number of benzene rings is 1. The van der Waals surface area contributed by atoms with Gasteiger partial charge in [-0.2, -0.15) is 0 Å². The number of carboxylic acids is 1. The number of hydrogen-bond acceptors (Lipinski definition) is 4. The number of phenols is 1. The van der Waals surface area contributed by atoms with Crippen molar-refractivity contribution in [2.75, 3.05) is 6.54 Å². The van der Waals surface area contributed by atoms with Crippen molar-refractivity contribution in [2.45, 2.75) is 38.1 Å². The molecule has 1 unspecified atom stereocenters. The minimum absolute atomic E-state index is 0.156. The van der Waals surface area contributed by atoms with E-state index in [0.29, 0.717) is 32.2 Å². The maximum Gasteiger partial charge on any atom is 0.326 e. The van der Waals surface area contributed by atoms with E-state index >= 15 is 0 Å². The maximum absolute atomic E-state index is 11.9. The summed E-state index contributed by atoms with van der Waals surface area (Å²) in [4.78, 5) is 34.1. The molecular weight excluding hydrogens is 324 g/mol. The van der Waals surface area contributed by atoms with Crippen LogP contribution in [-0.2, 0) is 20.8 Å². The van der Waals surface area contributed by atoms with Gasteiger partial charge in [0.1, 0.15) is 11.8 Å². The van der Waals surface area contributed by atoms with Crippen LogP contribution in [0.5, 0.6) is 5.75 Å². The number of nitrogens with one attached hydrogen (secondary N) is 2. The molecule has 1 atom stereocenters. The first-order valence-electron chi connectivity index (χ1n) is 8.12. The Morgan fingerprint density at radius 1 is 1.16 bits per heavy atom. The van der Waals surface area contributed by atoms with Crippen molar-refractivity contribution in [1.29, 1.82) is 0 Å². The van der Waals surface area contributed by atoms with Gasteiger partial charge in [-0.05, 0) is 49.5 Å². The van der Waals surface area contributed by atoms with Gasteiger partial charge >= 0.3 is 5.97 Å². The highest BCUT2D eigenvalue weighted by Gasteiger charge is 2.19. The summed E-state index contributed by atoms with van der Waals surface area (Å²) in [6.45, 7) is 3.77. The van der Waals surface area contributed by atoms with Crippen molar-refractivity contribution < 1.29 is 24.6 Å². The predicted octanol–water partition coefficient (Wildman–Crippen LogP) is 1.37. The molecule has 0 spiro atoms. The lowest BCUT2D eigenvalue weighted by Gasteiger charge is -2.14. The van der Waals surface area contributed by atoms with E-state index in [0.717, 1.165) is 5.56 Å². The molecule has 136 valence electrons. The number of rotatable bonds is 11. The zero-order chi connectivity index (χ0) is 18.7. The molecule has 2 amide bonds. The van der Waals surface area contributed by atoms with Crippen LogP contribution in [-0.4, -0.2) is 40.6 Å². The van der Waals surface area contributed by atoms with Crippen molar-refractivity contribution in [1.82, 2.24) is 10.6 Å². The highest BCUT2D eigenvalue weighted by molar-refractivity contribution is 5.86. The van der Waals surface area contributed by atoms with Gasteiger partial charge < -0.3 is 20.8 Å². The minimum Gasteiger partial charge on any atom is -0.508 e. The average molecular weight is 348 g/mol. The van der Waals surface area contributed by atoms with E-state index in [2.05, 4.69) is 17.2 Å². The standard InChI is InChI=1S/C18H24N2O5/c1-2-16(22)19-12-4-3-5-15(18(24)25)20-17(23)11-8-13-6-9-14(21)10-7-13/h2,6-7,9-10,15,21H,1,3-5,8,11-12H2,(H,19,22)(H,20,23)(H,24,25). The number of amides is 2. The first kappa shape index (κ1) is 20.2. The number of phenolic OH excluding ortho intramolecular Hbond substituents is 1. The van der Waals surface area contributed by atoms with E-state index in [-0.39, 0.29) is 24.0 Å². The largest absolute Gasteiger partial charge is 0.508 e. The van der Waals surface area contributed by atoms with Crippen molar-refractivity contribution >= 4 is 17.8 Å². The van der Waals surface area contributed by atoms with Crippen LogP contribution in [0.2, 0.25) is 0 Å². The van der Waals surface area contributed by atoms with Gasteiger partial charge in [-0.3, -0.25) is 9.59 Å². The fraction of sp³-hybridized carbons (Fsp3) is 0.389. The monoisotopic (exact) mass is 348 g/mol. The summed E-state index contributed by atoms with van der Waals surface area (Å²) >= 11 is 0. The molecule has 1 rings (SSSR count). The zero-order valence-corrected chi connectivity index (χ0v) is 14.0. The van der Waals surface area contributed by atoms with Crippen molar-refractivity contribution in [3.05, 3.63) is 42.5 Å². The molecule has 0 heterocycles. The highest BCUT2D eigenvalue weighted by atomic mass is 16.4. The molecule has 0 saturated heterocycles. The lowest BCUT2D eigenvalue weighted by atomic mass is 10.1. The third-order valence-corrected chi connectivity index (χ3v) is 3.61. The molecule has 0 fully saturated rings. The summed E-state index contributed by atoms with van der Waals surface area (Å²) in [5, 5.41) is 23.5. The van der Waals surface area contributed by atoms with E-state index in [9.17, 15) is 24.6 Å². The quantitative estimate of drug-likeness (QED) is 0.356. The van der Waals surface area contributed by atoms with Crippen molar-refractivity contribution in [3.8, 4) is 5.75 Å². The van der Waals surface area contributed by atoms with E-state index < -0.39 is 12.0 Å². The summed E-state index contributed by atoms with van der Waals surface area (Å²) in [6.07, 6.45) is 3.29. The summed E-state index contributed by atoms with van der Waals surface area (Å²) in [5.74, 6) is -1.52. The summed E-state index contributed by atoms with van der Waals surface area (Å²) in [7, 11) is 0. The Kier molecular flexibility index (Phi) is 8.78. The normalized spacial score (nSPS) is 11.4. The third kappa shape index (κ3) is 8.55. The number of aromatic hydroxyl groups is 1. The van der Waals surface area contributed by atoms with Gasteiger partial charge in [-0.25, -0.2) is 4.79 Å². The van der Waals surface area contributed by atoms with Crippen LogP contribution in [0, 0.1) is 0 Å². The van der Waals surface area contributed by atoms with Gasteiger partial charge in [-0.1, -0.05) is 18.7 Å². The van der Waals surface area contributed by atoms with Crippen LogP contribution in [0.1, 0.15) is 31.2 Å². The van der Waals surface area contributed by atoms with Crippen LogP contribution in [0.25, 0.3) is 0 Å². The zero-order valence-electron chi connectivity index (χ0n) is 14.0. The number of aryl methyl sites for hydroxylation is 1. The molecule has 0 bridgehead atoms. The number of carbonyl (C=O) groups excluding carboxylic acids is 2. The molecule has 0 saturated carbocycles. The molecule has 7 heteroatoms. The Balaban J connectivity index is 2.31. The Morgan fingerprint density at radius 2 is 1.84 bits per heavy atom. The fourth-order valence-corrected chi connectivity index (χ4v) is 2.20. The first-order chi connectivity index (χ1) is 11.9. The fourth-order valence-electron chi connectivity index (χ4n) is 2.20. The molecule has 1 aromatic rings. The molecule has 0 aliphatic rings. The van der Waals surface area contributed by atoms with Gasteiger partial charge in [0.05, 0.1) is 0 Å². The second kappa shape index (κ2) is 10.9. The number of carboxylic acid groups (broad SMARTS) is 1. The number of hydrogen-bond donors (Lipinski definition) is 4. The molecule has 7 nitrogen and oxygen atoms in total. The second-order valence-electron chi connectivity index (χ2n) is 5.62. The van der Waals surface area contributed by atoms with Gasteiger partial charge in [0.15, 0.2) is 0 Å². The summed E-state index contributed by atoms with van der Waals surface area (Å²) < 4.78 is 0. The predicted molar refractivity (Wildman–Crippen MR) is 93.1 cm³/mol. The lowest BCUT2D eigenvalue weighted by molar-refractivity contribution is -0.142. The molecule has 0 radical (unpaired) electrons. The third-order valence-electron chi connectivity index (χ3n) is 3.61. The van der Waals surface area contributed by atoms with Crippen LogP contribution < -0.4 is 10.6 Å². The van der Waals surface area contributed by atoms with Crippen LogP contribution >= 0.6 is 0 Å². The molecule has 1 aromatic carbocycles. The Morgan fingerprint density at radius 3 is 2.44 bits per heavy atom. The van der Waals surface area contributed by atoms with Crippen LogP contribution in [0.4, 0.5) is 0 Å². The lowest BCUT2D eigenvalue weighted by Crippen LogP contribution is -2.40. The maximum atomic E-state index is 11.9. The Bertz CT molecular complexity index is 598. The van der Waals surface area contributed by atoms with Crippen molar-refractivity contribution in [3.63, 3.8) is 0 Å². The molecule has 25 heavy (non-hydrogen) atoms. The SMILES string of the molecule is C=CC(=O)NCCCCC(NC(=O)CCc1ccc(O)cc1)C(=O)O. The average Bonchev–Trinajstić information content (AvgIpc) is 2.59. The topological polar surface area (TPSA) is 116 Å². The van der Waals surface area contributed by atoms with Crippen LogP contribution in [0.15, 0.2) is 36.9 Å². The molecule has 4 N–H and O–H groups in total. The first-order valence-corrected chi connectivity index (χ1v) is 8.12. The number of unbranched alkanes of at least 4 members (excludes halogenated alkanes) is 1. The van der Waals surface area contributed by atoms with E-state index in [1.165, 1.54) is 6.08 Å². The van der Waals surface area contributed by atoms with Gasteiger partial charge in [0.2, 0.25) is 11.8 Å². The van der Waals surface area contributed by atoms with E-state index in [1.807, 2.05) is 0 Å².